The van der Waals surface area contributed by atoms with Crippen LogP contribution in [0.1, 0.15) is 160 Å². The van der Waals surface area contributed by atoms with Gasteiger partial charge in [0.25, 0.3) is 0 Å². The summed E-state index contributed by atoms with van der Waals surface area (Å²) in [6.07, 6.45) is 41.8. The van der Waals surface area contributed by atoms with Gasteiger partial charge in [-0.15, -0.1) is 13.2 Å². The van der Waals surface area contributed by atoms with Gasteiger partial charge in [0, 0.05) is 92.6 Å². The monoisotopic (exact) mass is 1400 g/mol. The molecule has 6 aliphatic heterocycles. The molecule has 4 aromatic rings. The predicted octanol–water partition coefficient (Wildman–Crippen LogP) is 13.2. The molecule has 3 saturated carbocycles. The predicted molar refractivity (Wildman–Crippen MR) is 374 cm³/mol. The zero-order valence-corrected chi connectivity index (χ0v) is 58.1. The quantitative estimate of drug-likeness (QED) is 0.0486. The van der Waals surface area contributed by atoms with E-state index < -0.39 is 39.9 Å². The SMILES string of the molecule is Brc1cccc2[nH]ccc12.C=CCCS(=O)(=O)Cl.C=CCCS(=O)(=O)N1CCC2(C=C(C3CCCCC3)NC2=O)CC1.O=C1NC(C2CCCCC2)=CC12CCN(S(=O)(=O)CC/C=C/c1cccc3[nH]ccc13)CC2.O=C1NC(C2CCCCC2)=CC12CCNCC2. The molecule has 3 spiro atoms. The van der Waals surface area contributed by atoms with Crippen molar-refractivity contribution in [2.75, 3.05) is 56.5 Å². The number of hydrogen-bond acceptors (Lipinski definition) is 10. The molecule has 3 amide bonds. The number of allylic oxidation sites excluding steroid dienone is 6. The molecule has 17 nitrogen and oxygen atoms in total. The van der Waals surface area contributed by atoms with Crippen molar-refractivity contribution in [1.29, 1.82) is 0 Å². The van der Waals surface area contributed by atoms with Gasteiger partial charge in [-0.05, 0) is 181 Å². The maximum absolute atomic E-state index is 12.9. The zero-order chi connectivity index (χ0) is 65.4. The van der Waals surface area contributed by atoms with Crippen LogP contribution in [0.3, 0.4) is 0 Å². The fourth-order valence-corrected chi connectivity index (χ4v) is 18.7. The van der Waals surface area contributed by atoms with Crippen molar-refractivity contribution in [1.82, 2.24) is 39.8 Å². The second-order valence-electron chi connectivity index (χ2n) is 26.4. The number of amides is 3. The molecule has 2 aromatic carbocycles. The van der Waals surface area contributed by atoms with Crippen LogP contribution in [0.15, 0.2) is 132 Å². The molecule has 13 rings (SSSR count). The van der Waals surface area contributed by atoms with Gasteiger partial charge < -0.3 is 31.2 Å². The number of aromatic amines is 2. The standard InChI is InChI=1S/C26H33N3O3S.C18H28N2O3S.C14H22N2O.C8H6BrN.C4H7ClO2S/c30-25-26(19-24(28-25)21-8-2-1-3-9-21)13-16-29(17-14-26)33(31,32)18-5-4-7-20-10-6-11-23-22(20)12-15-27-23;1-2-3-13-24(22,23)20-11-9-18(10-12-20)14-16(19-17(18)21)15-7-5-4-6-8-15;17-13-14(6-8-15-9-7-14)10-12(16-13)11-4-2-1-3-5-11;9-7-2-1-3-8-6(7)4-5-10-8;1-2-3-4-8(5,6)7/h4,6-7,10-12,15,19,21,27H,1-3,5,8-9,13-14,16-18H2,(H,28,30);2,14-15H,1,3-13H2,(H,19,21);10-11,15H,1-9H2,(H,16,17);1-5,10H;2H,1,3-4H2/b7-4+;;;;. The van der Waals surface area contributed by atoms with Crippen LogP contribution in [-0.2, 0) is 43.5 Å². The van der Waals surface area contributed by atoms with E-state index in [0.717, 1.165) is 83.9 Å². The minimum atomic E-state index is -3.34. The number of benzene rings is 2. The Balaban J connectivity index is 0.000000148. The Morgan fingerprint density at radius 2 is 0.902 bits per heavy atom. The number of carbonyl (C=O) groups is 3. The van der Waals surface area contributed by atoms with Gasteiger partial charge in [-0.2, -0.15) is 0 Å². The second-order valence-corrected chi connectivity index (χ2v) is 34.3. The maximum atomic E-state index is 12.9. The van der Waals surface area contributed by atoms with E-state index >= 15 is 0 Å². The number of carbonyl (C=O) groups excluding carboxylic acids is 3. The number of sulfonamides is 2. The Morgan fingerprint density at radius 3 is 1.32 bits per heavy atom. The van der Waals surface area contributed by atoms with E-state index in [9.17, 15) is 39.6 Å². The largest absolute Gasteiger partial charge is 0.361 e. The lowest BCUT2D eigenvalue weighted by atomic mass is 9.78. The fraction of sp³-hybridized carbons (Fsp3) is 0.557. The van der Waals surface area contributed by atoms with Gasteiger partial charge in [-0.25, -0.2) is 33.9 Å². The average Bonchev–Trinajstić information content (AvgIpc) is 1.84. The van der Waals surface area contributed by atoms with Crippen molar-refractivity contribution in [2.24, 2.45) is 34.0 Å². The van der Waals surface area contributed by atoms with Gasteiger partial charge in [0.05, 0.1) is 33.5 Å². The molecule has 9 aliphatic rings. The van der Waals surface area contributed by atoms with E-state index in [2.05, 4.69) is 90.7 Å². The van der Waals surface area contributed by atoms with Crippen LogP contribution in [-0.4, -0.2) is 118 Å². The van der Waals surface area contributed by atoms with Crippen molar-refractivity contribution in [2.45, 2.75) is 154 Å². The zero-order valence-electron chi connectivity index (χ0n) is 53.3. The van der Waals surface area contributed by atoms with Crippen LogP contribution >= 0.6 is 26.6 Å². The van der Waals surface area contributed by atoms with Gasteiger partial charge in [0.15, 0.2) is 0 Å². The molecule has 0 atom stereocenters. The summed E-state index contributed by atoms with van der Waals surface area (Å²) in [5, 5.41) is 15.2. The Bertz CT molecular complexity index is 3690. The van der Waals surface area contributed by atoms with Crippen LogP contribution in [0.4, 0.5) is 0 Å². The molecule has 0 bridgehead atoms. The number of H-pyrrole nitrogens is 2. The number of nitrogens with one attached hydrogen (secondary N) is 6. The second kappa shape index (κ2) is 32.5. The molecule has 6 N–H and O–H groups in total. The number of piperidine rings is 3. The third-order valence-corrected chi connectivity index (χ3v) is 25.9. The Kier molecular flexibility index (Phi) is 25.2. The van der Waals surface area contributed by atoms with Crippen molar-refractivity contribution < 1.29 is 39.6 Å². The molecule has 22 heteroatoms. The normalized spacial score (nSPS) is 22.2. The highest BCUT2D eigenvalue weighted by Crippen LogP contribution is 2.45. The van der Waals surface area contributed by atoms with Gasteiger partial charge in [0.2, 0.25) is 46.8 Å². The van der Waals surface area contributed by atoms with Crippen LogP contribution in [0.5, 0.6) is 0 Å². The Morgan fingerprint density at radius 1 is 0.511 bits per heavy atom. The molecule has 92 heavy (non-hydrogen) atoms. The summed E-state index contributed by atoms with van der Waals surface area (Å²) in [4.78, 5) is 44.0. The smallest absolute Gasteiger partial charge is 0.234 e. The molecule has 2 aromatic heterocycles. The highest BCUT2D eigenvalue weighted by Gasteiger charge is 2.49. The summed E-state index contributed by atoms with van der Waals surface area (Å²) in [5.41, 5.74) is 5.60. The minimum absolute atomic E-state index is 0.0158. The molecule has 0 radical (unpaired) electrons. The third-order valence-electron chi connectivity index (χ3n) is 20.2. The van der Waals surface area contributed by atoms with Gasteiger partial charge in [0.1, 0.15) is 0 Å². The molecule has 8 heterocycles. The van der Waals surface area contributed by atoms with E-state index in [1.165, 1.54) is 93.3 Å². The number of hydrogen-bond donors (Lipinski definition) is 6. The topological polar surface area (TPSA) is 240 Å². The number of rotatable bonds is 15. The maximum Gasteiger partial charge on any atom is 0.234 e. The Labute approximate surface area is 559 Å². The lowest BCUT2D eigenvalue weighted by Gasteiger charge is -2.35. The molecule has 3 aliphatic carbocycles. The number of aromatic nitrogens is 2. The summed E-state index contributed by atoms with van der Waals surface area (Å²) in [6.45, 7) is 10.6. The highest BCUT2D eigenvalue weighted by atomic mass is 79.9. The third kappa shape index (κ3) is 18.5. The molecular formula is C70H96BrClN8O9S3. The number of nitrogens with zero attached hydrogens (tertiary/aromatic N) is 2. The van der Waals surface area contributed by atoms with E-state index in [1.807, 2.05) is 60.9 Å². The summed E-state index contributed by atoms with van der Waals surface area (Å²) in [7, 11) is -5.03. The summed E-state index contributed by atoms with van der Waals surface area (Å²) >= 11 is 3.46. The van der Waals surface area contributed by atoms with Crippen molar-refractivity contribution in [3.63, 3.8) is 0 Å². The molecule has 3 saturated heterocycles. The number of halogens is 2. The van der Waals surface area contributed by atoms with Gasteiger partial charge in [-0.1, -0.05) is 116 Å². The van der Waals surface area contributed by atoms with Crippen LogP contribution in [0.2, 0.25) is 0 Å². The molecule has 502 valence electrons. The van der Waals surface area contributed by atoms with Crippen LogP contribution < -0.4 is 21.3 Å². The van der Waals surface area contributed by atoms with Crippen LogP contribution in [0, 0.1) is 34.0 Å². The first-order valence-corrected chi connectivity index (χ1v) is 40.0. The first kappa shape index (κ1) is 71.2. The number of fused-ring (bicyclic) bond motifs is 2. The lowest BCUT2D eigenvalue weighted by molar-refractivity contribution is -0.128. The molecular weight excluding hydrogens is 1310 g/mol. The lowest BCUT2D eigenvalue weighted by Crippen LogP contribution is -2.46. The molecule has 0 unspecified atom stereocenters. The van der Waals surface area contributed by atoms with Crippen molar-refractivity contribution >= 4 is 101 Å². The van der Waals surface area contributed by atoms with E-state index in [-0.39, 0.29) is 40.4 Å². The summed E-state index contributed by atoms with van der Waals surface area (Å²) < 4.78 is 75.0. The van der Waals surface area contributed by atoms with Gasteiger partial charge in [-0.3, -0.25) is 14.4 Å². The van der Waals surface area contributed by atoms with E-state index in [0.29, 0.717) is 88.9 Å². The first-order valence-electron chi connectivity index (χ1n) is 33.6. The first-order chi connectivity index (χ1) is 44.2. The average molecular weight is 1410 g/mol. The summed E-state index contributed by atoms with van der Waals surface area (Å²) in [6, 6.07) is 16.2. The minimum Gasteiger partial charge on any atom is -0.361 e. The Hall–Kier alpha value is -5.13. The van der Waals surface area contributed by atoms with Crippen LogP contribution in [0.25, 0.3) is 27.9 Å². The molecule has 6 fully saturated rings. The van der Waals surface area contributed by atoms with E-state index in [1.54, 1.807) is 14.7 Å². The van der Waals surface area contributed by atoms with E-state index in [4.69, 9.17) is 10.7 Å². The fourth-order valence-electron chi connectivity index (χ4n) is 14.6. The van der Waals surface area contributed by atoms with Crippen molar-refractivity contribution in [3.8, 4) is 0 Å². The van der Waals surface area contributed by atoms with Crippen molar-refractivity contribution in [3.05, 3.63) is 138 Å². The summed E-state index contributed by atoms with van der Waals surface area (Å²) in [5.74, 6) is 2.17. The highest BCUT2D eigenvalue weighted by molar-refractivity contribution is 9.10. The van der Waals surface area contributed by atoms with Gasteiger partial charge >= 0.3 is 0 Å².